The molecule has 2 rings (SSSR count). The van der Waals surface area contributed by atoms with E-state index in [0.717, 1.165) is 35.9 Å². The summed E-state index contributed by atoms with van der Waals surface area (Å²) in [7, 11) is -4.02. The molecule has 0 aliphatic rings. The Morgan fingerprint density at radius 3 is 2.50 bits per heavy atom. The molecule has 2 aromatic rings. The molecule has 0 aliphatic heterocycles. The Morgan fingerprint density at radius 2 is 1.88 bits per heavy atom. The van der Waals surface area contributed by atoms with Gasteiger partial charge in [-0.2, -0.15) is 5.26 Å². The molecule has 0 fully saturated rings. The number of unbranched alkanes of at least 4 members (excludes halogenated alkanes) is 1. The smallest absolute Gasteiger partial charge is 0.328 e. The minimum Gasteiger partial charge on any atom is -0.337 e. The highest BCUT2D eigenvalue weighted by Gasteiger charge is 2.17. The summed E-state index contributed by atoms with van der Waals surface area (Å²) in [6, 6.07) is 8.58. The summed E-state index contributed by atoms with van der Waals surface area (Å²) in [5, 5.41) is 14.9. The zero-order chi connectivity index (χ0) is 23.7. The molecule has 0 saturated carbocycles. The summed E-state index contributed by atoms with van der Waals surface area (Å²) >= 11 is 1.15. The van der Waals surface area contributed by atoms with Crippen molar-refractivity contribution in [2.75, 3.05) is 17.6 Å². The largest absolute Gasteiger partial charge is 0.337 e. The number of aryl methyl sites for hydroxylation is 2. The van der Waals surface area contributed by atoms with Gasteiger partial charge in [0.25, 0.3) is 10.0 Å². The number of carbonyl (C=O) groups excluding carboxylic acids is 2. The standard InChI is InChI=1S/C21H25N5O4S2/c1-4-5-10-23-21(28)26-32(29,30)17-8-6-16(7-9-17)25-19(27)13-31-20-18(12-22)14(2)11-15(3)24-20/h6-9,11H,4-5,10,13H2,1-3H3,(H,25,27)(H2,23,26,28). The van der Waals surface area contributed by atoms with Crippen molar-refractivity contribution in [3.8, 4) is 6.07 Å². The number of hydrogen-bond donors (Lipinski definition) is 3. The molecular weight excluding hydrogens is 450 g/mol. The van der Waals surface area contributed by atoms with E-state index in [4.69, 9.17) is 0 Å². The molecule has 1 aromatic heterocycles. The Labute approximate surface area is 192 Å². The molecule has 0 atom stereocenters. The average molecular weight is 476 g/mol. The van der Waals surface area contributed by atoms with Gasteiger partial charge in [0.1, 0.15) is 11.1 Å². The summed E-state index contributed by atoms with van der Waals surface area (Å²) < 4.78 is 26.5. The summed E-state index contributed by atoms with van der Waals surface area (Å²) in [4.78, 5) is 28.2. The molecule has 0 saturated heterocycles. The summed E-state index contributed by atoms with van der Waals surface area (Å²) in [5.74, 6) is -0.298. The highest BCUT2D eigenvalue weighted by molar-refractivity contribution is 8.00. The third-order valence-electron chi connectivity index (χ3n) is 4.25. The molecule has 0 unspecified atom stereocenters. The van der Waals surface area contributed by atoms with Crippen LogP contribution in [0.15, 0.2) is 40.3 Å². The van der Waals surface area contributed by atoms with Gasteiger partial charge in [-0.3, -0.25) is 4.79 Å². The van der Waals surface area contributed by atoms with E-state index in [1.165, 1.54) is 24.3 Å². The van der Waals surface area contributed by atoms with Crippen LogP contribution in [0.5, 0.6) is 0 Å². The average Bonchev–Trinajstić information content (AvgIpc) is 2.72. The van der Waals surface area contributed by atoms with Crippen LogP contribution in [0.2, 0.25) is 0 Å². The van der Waals surface area contributed by atoms with Gasteiger partial charge in [-0.25, -0.2) is 22.9 Å². The number of urea groups is 1. The van der Waals surface area contributed by atoms with Crippen molar-refractivity contribution in [3.63, 3.8) is 0 Å². The number of benzene rings is 1. The van der Waals surface area contributed by atoms with E-state index < -0.39 is 16.1 Å². The third-order valence-corrected chi connectivity index (χ3v) is 6.58. The van der Waals surface area contributed by atoms with Gasteiger partial charge in [0.2, 0.25) is 5.91 Å². The molecule has 3 amide bonds. The lowest BCUT2D eigenvalue weighted by molar-refractivity contribution is -0.113. The van der Waals surface area contributed by atoms with Crippen molar-refractivity contribution in [2.24, 2.45) is 0 Å². The molecule has 1 heterocycles. The van der Waals surface area contributed by atoms with Crippen molar-refractivity contribution in [1.82, 2.24) is 15.0 Å². The van der Waals surface area contributed by atoms with E-state index in [1.807, 2.05) is 31.6 Å². The van der Waals surface area contributed by atoms with E-state index in [9.17, 15) is 23.3 Å². The first-order valence-corrected chi connectivity index (χ1v) is 12.3. The number of sulfonamides is 1. The number of amides is 3. The van der Waals surface area contributed by atoms with Gasteiger partial charge in [0, 0.05) is 17.9 Å². The Balaban J connectivity index is 1.96. The van der Waals surface area contributed by atoms with Crippen LogP contribution in [0.1, 0.15) is 36.6 Å². The maximum Gasteiger partial charge on any atom is 0.328 e. The Kier molecular flexibility index (Phi) is 9.04. The van der Waals surface area contributed by atoms with Crippen LogP contribution in [0.25, 0.3) is 0 Å². The number of carbonyl (C=O) groups is 2. The summed E-state index contributed by atoms with van der Waals surface area (Å²) in [5.41, 5.74) is 2.39. The second-order valence-corrected chi connectivity index (χ2v) is 9.60. The number of nitriles is 1. The lowest BCUT2D eigenvalue weighted by Gasteiger charge is -2.10. The Morgan fingerprint density at radius 1 is 1.19 bits per heavy atom. The highest BCUT2D eigenvalue weighted by Crippen LogP contribution is 2.24. The van der Waals surface area contributed by atoms with Crippen molar-refractivity contribution >= 4 is 39.4 Å². The number of hydrogen-bond acceptors (Lipinski definition) is 7. The van der Waals surface area contributed by atoms with Gasteiger partial charge in [-0.05, 0) is 56.2 Å². The lowest BCUT2D eigenvalue weighted by atomic mass is 10.1. The van der Waals surface area contributed by atoms with Crippen LogP contribution in [-0.2, 0) is 14.8 Å². The summed E-state index contributed by atoms with van der Waals surface area (Å²) in [6.45, 7) is 5.97. The number of nitrogens with one attached hydrogen (secondary N) is 3. The normalized spacial score (nSPS) is 10.8. The Bertz CT molecular complexity index is 1130. The van der Waals surface area contributed by atoms with Crippen LogP contribution in [0.4, 0.5) is 10.5 Å². The second kappa shape index (κ2) is 11.5. The van der Waals surface area contributed by atoms with Crippen LogP contribution < -0.4 is 15.4 Å². The quantitative estimate of drug-likeness (QED) is 0.374. The van der Waals surface area contributed by atoms with Crippen molar-refractivity contribution in [3.05, 3.63) is 47.2 Å². The zero-order valence-corrected chi connectivity index (χ0v) is 19.7. The molecule has 0 bridgehead atoms. The van der Waals surface area contributed by atoms with Gasteiger partial charge < -0.3 is 10.6 Å². The Hall–Kier alpha value is -3.10. The number of aromatic nitrogens is 1. The molecule has 170 valence electrons. The highest BCUT2D eigenvalue weighted by atomic mass is 32.2. The first-order chi connectivity index (χ1) is 15.2. The number of rotatable bonds is 9. The van der Waals surface area contributed by atoms with Gasteiger partial charge >= 0.3 is 6.03 Å². The number of anilines is 1. The molecule has 0 aliphatic carbocycles. The SMILES string of the molecule is CCCCNC(=O)NS(=O)(=O)c1ccc(NC(=O)CSc2nc(C)cc(C)c2C#N)cc1. The topological polar surface area (TPSA) is 141 Å². The van der Waals surface area contributed by atoms with E-state index in [1.54, 1.807) is 0 Å². The molecule has 11 heteroatoms. The van der Waals surface area contributed by atoms with Gasteiger partial charge in [0.05, 0.1) is 16.2 Å². The van der Waals surface area contributed by atoms with Gasteiger partial charge in [-0.15, -0.1) is 0 Å². The van der Waals surface area contributed by atoms with Crippen LogP contribution in [0, 0.1) is 25.2 Å². The molecule has 0 spiro atoms. The van der Waals surface area contributed by atoms with Crippen molar-refractivity contribution in [2.45, 2.75) is 43.5 Å². The first-order valence-electron chi connectivity index (χ1n) is 9.88. The predicted molar refractivity (Wildman–Crippen MR) is 123 cm³/mol. The third kappa shape index (κ3) is 7.25. The number of pyridine rings is 1. The lowest BCUT2D eigenvalue weighted by Crippen LogP contribution is -2.39. The van der Waals surface area contributed by atoms with Crippen molar-refractivity contribution in [1.29, 1.82) is 5.26 Å². The minimum absolute atomic E-state index is 0.0319. The fraction of sp³-hybridized carbons (Fsp3) is 0.333. The first kappa shape index (κ1) is 25.2. The van der Waals surface area contributed by atoms with Crippen LogP contribution >= 0.6 is 11.8 Å². The fourth-order valence-corrected chi connectivity index (χ4v) is 4.52. The second-order valence-electron chi connectivity index (χ2n) is 6.95. The monoisotopic (exact) mass is 475 g/mol. The molecule has 3 N–H and O–H groups in total. The predicted octanol–water partition coefficient (Wildman–Crippen LogP) is 3.09. The van der Waals surface area contributed by atoms with Gasteiger partial charge in [0.15, 0.2) is 0 Å². The molecular formula is C21H25N5O4S2. The molecule has 0 radical (unpaired) electrons. The van der Waals surface area contributed by atoms with Gasteiger partial charge in [-0.1, -0.05) is 25.1 Å². The maximum absolute atomic E-state index is 12.3. The zero-order valence-electron chi connectivity index (χ0n) is 18.1. The molecule has 32 heavy (non-hydrogen) atoms. The maximum atomic E-state index is 12.3. The number of thioether (sulfide) groups is 1. The summed E-state index contributed by atoms with van der Waals surface area (Å²) in [6.07, 6.45) is 1.62. The van der Waals surface area contributed by atoms with E-state index in [0.29, 0.717) is 22.8 Å². The van der Waals surface area contributed by atoms with E-state index in [-0.39, 0.29) is 16.6 Å². The van der Waals surface area contributed by atoms with Crippen molar-refractivity contribution < 1.29 is 18.0 Å². The molecule has 1 aromatic carbocycles. The van der Waals surface area contributed by atoms with E-state index in [2.05, 4.69) is 21.7 Å². The number of nitrogens with zero attached hydrogens (tertiary/aromatic N) is 2. The minimum atomic E-state index is -4.02. The molecule has 9 nitrogen and oxygen atoms in total. The van der Waals surface area contributed by atoms with E-state index >= 15 is 0 Å². The van der Waals surface area contributed by atoms with Crippen LogP contribution in [0.3, 0.4) is 0 Å². The fourth-order valence-electron chi connectivity index (χ4n) is 2.69. The van der Waals surface area contributed by atoms with Crippen LogP contribution in [-0.4, -0.2) is 37.6 Å².